The Balaban J connectivity index is 2.12. The number of rotatable bonds is 11. The maximum atomic E-state index is 11.6. The van der Waals surface area contributed by atoms with Gasteiger partial charge in [0.25, 0.3) is 0 Å². The fourth-order valence-corrected chi connectivity index (χ4v) is 3.11. The highest BCUT2D eigenvalue weighted by Crippen LogP contribution is 2.06. The van der Waals surface area contributed by atoms with Gasteiger partial charge in [-0.3, -0.25) is 4.99 Å². The molecular formula is C21H44N6O2. The number of carbonyl (C=O) groups is 1. The van der Waals surface area contributed by atoms with Gasteiger partial charge in [0.05, 0.1) is 0 Å². The van der Waals surface area contributed by atoms with Crippen molar-refractivity contribution in [3.05, 3.63) is 0 Å². The van der Waals surface area contributed by atoms with Crippen molar-refractivity contribution in [3.8, 4) is 0 Å². The van der Waals surface area contributed by atoms with E-state index in [2.05, 4.69) is 44.6 Å². The topological polar surface area (TPSA) is 81.2 Å². The van der Waals surface area contributed by atoms with E-state index < -0.39 is 5.60 Å². The number of unbranched alkanes of at least 4 members (excludes halogenated alkanes) is 1. The van der Waals surface area contributed by atoms with Gasteiger partial charge < -0.3 is 30.5 Å². The van der Waals surface area contributed by atoms with Crippen molar-refractivity contribution in [2.75, 3.05) is 65.4 Å². The van der Waals surface area contributed by atoms with Gasteiger partial charge in [-0.05, 0) is 60.0 Å². The Labute approximate surface area is 177 Å². The van der Waals surface area contributed by atoms with Crippen molar-refractivity contribution >= 4 is 12.1 Å². The highest BCUT2D eigenvalue weighted by atomic mass is 16.6. The summed E-state index contributed by atoms with van der Waals surface area (Å²) < 4.78 is 5.22. The van der Waals surface area contributed by atoms with Crippen molar-refractivity contribution in [1.82, 2.24) is 25.8 Å². The predicted molar refractivity (Wildman–Crippen MR) is 121 cm³/mol. The normalized spacial score (nSPS) is 16.5. The average Bonchev–Trinajstić information content (AvgIpc) is 2.66. The molecule has 0 aromatic heterocycles. The second-order valence-corrected chi connectivity index (χ2v) is 8.45. The molecule has 0 spiro atoms. The Bertz CT molecular complexity index is 470. The maximum absolute atomic E-state index is 11.6. The van der Waals surface area contributed by atoms with Gasteiger partial charge in [0.15, 0.2) is 5.96 Å². The molecule has 0 aromatic carbocycles. The number of aliphatic imine (C=N–C) groups is 1. The van der Waals surface area contributed by atoms with Gasteiger partial charge in [-0.2, -0.15) is 0 Å². The SMILES string of the molecule is CCNC(=NCCCNC(=O)OC(C)(C)C)NCCCCN1CCN(CC)CC1. The van der Waals surface area contributed by atoms with Crippen LogP contribution in [0.25, 0.3) is 0 Å². The summed E-state index contributed by atoms with van der Waals surface area (Å²) in [6.45, 7) is 20.0. The van der Waals surface area contributed by atoms with E-state index in [1.807, 2.05) is 20.8 Å². The van der Waals surface area contributed by atoms with Gasteiger partial charge in [-0.15, -0.1) is 0 Å². The summed E-state index contributed by atoms with van der Waals surface area (Å²) in [6.07, 6.45) is 2.75. The van der Waals surface area contributed by atoms with Crippen molar-refractivity contribution in [2.45, 2.75) is 59.5 Å². The number of alkyl carbamates (subject to hydrolysis) is 1. The number of piperazine rings is 1. The van der Waals surface area contributed by atoms with Crippen molar-refractivity contribution in [3.63, 3.8) is 0 Å². The maximum Gasteiger partial charge on any atom is 0.407 e. The number of hydrogen-bond acceptors (Lipinski definition) is 5. The lowest BCUT2D eigenvalue weighted by Gasteiger charge is -2.34. The number of ether oxygens (including phenoxy) is 1. The zero-order chi connectivity index (χ0) is 21.5. The number of nitrogens with zero attached hydrogens (tertiary/aromatic N) is 3. The van der Waals surface area contributed by atoms with Crippen LogP contribution in [0.2, 0.25) is 0 Å². The second kappa shape index (κ2) is 14.4. The van der Waals surface area contributed by atoms with E-state index >= 15 is 0 Å². The third-order valence-corrected chi connectivity index (χ3v) is 4.72. The molecule has 3 N–H and O–H groups in total. The molecule has 0 atom stereocenters. The highest BCUT2D eigenvalue weighted by Gasteiger charge is 2.15. The van der Waals surface area contributed by atoms with Crippen molar-refractivity contribution < 1.29 is 9.53 Å². The summed E-state index contributed by atoms with van der Waals surface area (Å²) in [5, 5.41) is 9.44. The van der Waals surface area contributed by atoms with Crippen LogP contribution in [0.15, 0.2) is 4.99 Å². The van der Waals surface area contributed by atoms with Crippen LogP contribution >= 0.6 is 0 Å². The van der Waals surface area contributed by atoms with Crippen LogP contribution in [0, 0.1) is 0 Å². The molecule has 170 valence electrons. The zero-order valence-corrected chi connectivity index (χ0v) is 19.4. The van der Waals surface area contributed by atoms with E-state index in [9.17, 15) is 4.79 Å². The van der Waals surface area contributed by atoms with Crippen LogP contribution in [-0.2, 0) is 4.74 Å². The van der Waals surface area contributed by atoms with E-state index in [0.717, 1.165) is 31.9 Å². The molecular weight excluding hydrogens is 368 g/mol. The molecule has 1 heterocycles. The summed E-state index contributed by atoms with van der Waals surface area (Å²) in [6, 6.07) is 0. The first-order chi connectivity index (χ1) is 13.8. The van der Waals surface area contributed by atoms with Crippen molar-refractivity contribution in [2.24, 2.45) is 4.99 Å². The first kappa shape index (κ1) is 25.5. The highest BCUT2D eigenvalue weighted by molar-refractivity contribution is 5.79. The van der Waals surface area contributed by atoms with Crippen LogP contribution in [0.4, 0.5) is 4.79 Å². The van der Waals surface area contributed by atoms with E-state index in [1.165, 1.54) is 45.7 Å². The molecule has 1 rings (SSSR count). The summed E-state index contributed by atoms with van der Waals surface area (Å²) in [5.41, 5.74) is -0.464. The Hall–Kier alpha value is -1.54. The third kappa shape index (κ3) is 13.3. The molecule has 0 unspecified atom stereocenters. The number of likely N-dealkylation sites (N-methyl/N-ethyl adjacent to an activating group) is 1. The smallest absolute Gasteiger partial charge is 0.407 e. The van der Waals surface area contributed by atoms with E-state index in [1.54, 1.807) is 0 Å². The van der Waals surface area contributed by atoms with E-state index in [4.69, 9.17) is 4.74 Å². The van der Waals surface area contributed by atoms with Gasteiger partial charge >= 0.3 is 6.09 Å². The molecule has 0 saturated carbocycles. The van der Waals surface area contributed by atoms with Gasteiger partial charge in [0.1, 0.15) is 5.60 Å². The Morgan fingerprint density at radius 1 is 0.931 bits per heavy atom. The van der Waals surface area contributed by atoms with Crippen LogP contribution in [-0.4, -0.2) is 92.9 Å². The molecule has 8 heteroatoms. The molecule has 0 radical (unpaired) electrons. The molecule has 1 fully saturated rings. The molecule has 1 saturated heterocycles. The molecule has 8 nitrogen and oxygen atoms in total. The lowest BCUT2D eigenvalue weighted by atomic mass is 10.2. The molecule has 29 heavy (non-hydrogen) atoms. The second-order valence-electron chi connectivity index (χ2n) is 8.45. The number of amides is 1. The summed E-state index contributed by atoms with van der Waals surface area (Å²) in [7, 11) is 0. The summed E-state index contributed by atoms with van der Waals surface area (Å²) in [4.78, 5) is 21.3. The minimum absolute atomic E-state index is 0.373. The number of carbonyl (C=O) groups excluding carboxylic acids is 1. The van der Waals surface area contributed by atoms with Crippen LogP contribution in [0.5, 0.6) is 0 Å². The first-order valence-electron chi connectivity index (χ1n) is 11.3. The fraction of sp³-hybridized carbons (Fsp3) is 0.905. The summed E-state index contributed by atoms with van der Waals surface area (Å²) >= 11 is 0. The Morgan fingerprint density at radius 3 is 2.21 bits per heavy atom. The van der Waals surface area contributed by atoms with Crippen LogP contribution < -0.4 is 16.0 Å². The van der Waals surface area contributed by atoms with E-state index in [0.29, 0.717) is 13.1 Å². The van der Waals surface area contributed by atoms with E-state index in [-0.39, 0.29) is 6.09 Å². The van der Waals surface area contributed by atoms with Crippen LogP contribution in [0.3, 0.4) is 0 Å². The minimum Gasteiger partial charge on any atom is -0.444 e. The van der Waals surface area contributed by atoms with Gasteiger partial charge in [0, 0.05) is 52.4 Å². The minimum atomic E-state index is -0.464. The molecule has 0 bridgehead atoms. The zero-order valence-electron chi connectivity index (χ0n) is 19.4. The van der Waals surface area contributed by atoms with Crippen molar-refractivity contribution in [1.29, 1.82) is 0 Å². The lowest BCUT2D eigenvalue weighted by Crippen LogP contribution is -2.46. The largest absolute Gasteiger partial charge is 0.444 e. The van der Waals surface area contributed by atoms with Gasteiger partial charge in [0.2, 0.25) is 0 Å². The molecule has 1 aliphatic heterocycles. The predicted octanol–water partition coefficient (Wildman–Crippen LogP) is 1.87. The number of nitrogens with one attached hydrogen (secondary N) is 3. The third-order valence-electron chi connectivity index (χ3n) is 4.72. The quantitative estimate of drug-likeness (QED) is 0.273. The standard InChI is InChI=1S/C21H44N6O2/c1-6-22-19(24-12-10-13-25-20(28)29-21(3,4)5)23-11-8-9-14-27-17-15-26(7-2)16-18-27/h6-18H2,1-5H3,(H,25,28)(H2,22,23,24). The number of guanidine groups is 1. The number of hydrogen-bond donors (Lipinski definition) is 3. The first-order valence-corrected chi connectivity index (χ1v) is 11.3. The van der Waals surface area contributed by atoms with Gasteiger partial charge in [-0.25, -0.2) is 4.79 Å². The fourth-order valence-electron chi connectivity index (χ4n) is 3.11. The lowest BCUT2D eigenvalue weighted by molar-refractivity contribution is 0.0527. The molecule has 1 amide bonds. The summed E-state index contributed by atoms with van der Waals surface area (Å²) in [5.74, 6) is 0.848. The average molecular weight is 413 g/mol. The molecule has 1 aliphatic rings. The molecule has 0 aliphatic carbocycles. The molecule has 0 aromatic rings. The Morgan fingerprint density at radius 2 is 1.59 bits per heavy atom. The van der Waals surface area contributed by atoms with Gasteiger partial charge in [-0.1, -0.05) is 6.92 Å². The van der Waals surface area contributed by atoms with Crippen LogP contribution in [0.1, 0.15) is 53.9 Å². The monoisotopic (exact) mass is 412 g/mol. The Kier molecular flexibility index (Phi) is 12.7.